The van der Waals surface area contributed by atoms with Crippen LogP contribution in [0.3, 0.4) is 0 Å². The van der Waals surface area contributed by atoms with E-state index in [4.69, 9.17) is 4.74 Å². The Balaban J connectivity index is 2.69. The molecule has 2 unspecified atom stereocenters. The van der Waals surface area contributed by atoms with E-state index in [2.05, 4.69) is 10.6 Å². The van der Waals surface area contributed by atoms with Crippen molar-refractivity contribution in [3.8, 4) is 11.5 Å². The number of nitrogens with one attached hydrogen (secondary N) is 2. The molecule has 2 rings (SSSR count). The summed E-state index contributed by atoms with van der Waals surface area (Å²) in [5.74, 6) is -0.922. The molecule has 0 heterocycles. The summed E-state index contributed by atoms with van der Waals surface area (Å²) in [6.07, 6.45) is 1.43. The topological polar surface area (TPSA) is 128 Å². The van der Waals surface area contributed by atoms with Crippen molar-refractivity contribution in [3.63, 3.8) is 0 Å². The fourth-order valence-electron chi connectivity index (χ4n) is 4.42. The van der Waals surface area contributed by atoms with Crippen LogP contribution in [-0.4, -0.2) is 56.7 Å². The van der Waals surface area contributed by atoms with Gasteiger partial charge >= 0.3 is 6.09 Å². The lowest BCUT2D eigenvalue weighted by Crippen LogP contribution is -2.60. The van der Waals surface area contributed by atoms with Crippen molar-refractivity contribution in [2.45, 2.75) is 104 Å². The van der Waals surface area contributed by atoms with Crippen LogP contribution in [0.25, 0.3) is 0 Å². The van der Waals surface area contributed by atoms with Crippen LogP contribution in [0.4, 0.5) is 4.79 Å². The van der Waals surface area contributed by atoms with Gasteiger partial charge < -0.3 is 30.5 Å². The number of rotatable bonds is 12. The molecule has 0 radical (unpaired) electrons. The summed E-state index contributed by atoms with van der Waals surface area (Å²) in [5.41, 5.74) is -0.0947. The van der Waals surface area contributed by atoms with Crippen LogP contribution < -0.4 is 10.6 Å². The zero-order valence-electron chi connectivity index (χ0n) is 25.7. The maximum absolute atomic E-state index is 14.6. The molecule has 3 amide bonds. The van der Waals surface area contributed by atoms with Gasteiger partial charge in [-0.25, -0.2) is 4.79 Å². The minimum Gasteiger partial charge on any atom is -0.508 e. The third kappa shape index (κ3) is 9.40. The van der Waals surface area contributed by atoms with Gasteiger partial charge in [-0.3, -0.25) is 9.59 Å². The van der Waals surface area contributed by atoms with Crippen LogP contribution in [0.1, 0.15) is 90.5 Å². The van der Waals surface area contributed by atoms with Gasteiger partial charge in [0, 0.05) is 24.1 Å². The van der Waals surface area contributed by atoms with E-state index in [0.717, 1.165) is 12.8 Å². The number of carbonyl (C=O) groups excluding carboxylic acids is 3. The van der Waals surface area contributed by atoms with E-state index in [1.165, 1.54) is 17.0 Å². The normalized spacial score (nSPS) is 13.2. The summed E-state index contributed by atoms with van der Waals surface area (Å²) in [6, 6.07) is 9.20. The minimum atomic E-state index is -1.17. The zero-order chi connectivity index (χ0) is 31.0. The molecule has 41 heavy (non-hydrogen) atoms. The minimum absolute atomic E-state index is 0.0666. The fraction of sp³-hybridized carbons (Fsp3) is 0.531. The molecular formula is C32H47N3O6. The number of nitrogens with zero attached hydrogens (tertiary/aromatic N) is 1. The van der Waals surface area contributed by atoms with Crippen LogP contribution in [-0.2, 0) is 20.7 Å². The second-order valence-electron chi connectivity index (χ2n) is 12.0. The second-order valence-corrected chi connectivity index (χ2v) is 12.0. The molecule has 226 valence electrons. The number of carbonyl (C=O) groups is 3. The highest BCUT2D eigenvalue weighted by Gasteiger charge is 2.44. The van der Waals surface area contributed by atoms with Gasteiger partial charge in [-0.1, -0.05) is 50.6 Å². The fourth-order valence-corrected chi connectivity index (χ4v) is 4.42. The first-order valence-electron chi connectivity index (χ1n) is 14.3. The smallest absolute Gasteiger partial charge is 0.408 e. The van der Waals surface area contributed by atoms with Crippen molar-refractivity contribution in [1.82, 2.24) is 15.5 Å². The zero-order valence-corrected chi connectivity index (χ0v) is 25.7. The number of hydrogen-bond acceptors (Lipinski definition) is 6. The number of alkyl carbamates (subject to hydrolysis) is 1. The molecule has 2 atom stereocenters. The van der Waals surface area contributed by atoms with Crippen LogP contribution in [0.5, 0.6) is 11.5 Å². The van der Waals surface area contributed by atoms with Gasteiger partial charge in [-0.05, 0) is 77.6 Å². The number of phenols is 2. The molecule has 9 heteroatoms. The Hall–Kier alpha value is -3.75. The predicted molar refractivity (Wildman–Crippen MR) is 160 cm³/mol. The molecule has 0 saturated heterocycles. The number of aryl methyl sites for hydroxylation is 1. The van der Waals surface area contributed by atoms with Gasteiger partial charge in [-0.15, -0.1) is 0 Å². The Morgan fingerprint density at radius 1 is 0.976 bits per heavy atom. The summed E-state index contributed by atoms with van der Waals surface area (Å²) < 4.78 is 5.48. The molecule has 0 aliphatic carbocycles. The number of benzene rings is 2. The van der Waals surface area contributed by atoms with E-state index < -0.39 is 41.1 Å². The van der Waals surface area contributed by atoms with Gasteiger partial charge in [0.05, 0.1) is 0 Å². The van der Waals surface area contributed by atoms with E-state index in [0.29, 0.717) is 29.7 Å². The maximum Gasteiger partial charge on any atom is 0.408 e. The lowest BCUT2D eigenvalue weighted by Gasteiger charge is -2.44. The second kappa shape index (κ2) is 14.2. The lowest BCUT2D eigenvalue weighted by atomic mass is 9.90. The Labute approximate surface area is 244 Å². The highest BCUT2D eigenvalue weighted by molar-refractivity contribution is 5.93. The predicted octanol–water partition coefficient (Wildman–Crippen LogP) is 5.52. The summed E-state index contributed by atoms with van der Waals surface area (Å²) in [4.78, 5) is 42.9. The molecule has 0 fully saturated rings. The largest absolute Gasteiger partial charge is 0.508 e. The van der Waals surface area contributed by atoms with Crippen LogP contribution in [0.15, 0.2) is 42.5 Å². The van der Waals surface area contributed by atoms with Gasteiger partial charge in [-0.2, -0.15) is 0 Å². The Kier molecular flexibility index (Phi) is 11.6. The number of aromatic hydroxyl groups is 2. The summed E-state index contributed by atoms with van der Waals surface area (Å²) in [5, 5.41) is 26.5. The molecule has 0 aliphatic rings. The quantitative estimate of drug-likeness (QED) is 0.249. The molecule has 0 aromatic heterocycles. The Morgan fingerprint density at radius 2 is 1.61 bits per heavy atom. The van der Waals surface area contributed by atoms with Gasteiger partial charge in [0.2, 0.25) is 11.8 Å². The standard InChI is InChI=1S/C32H47N3O6/c1-9-11-19-33-28(38)26(24-14-12-13-21(3)27(24)37)35(32(7,8)10-2)29(39)25(34-30(40)41-31(4,5)6)20-22-15-17-23(36)18-16-22/h12-18,25-26,36-37H,9-11,19-20H2,1-8H3,(H,33,38)(H,34,40). The number of amides is 3. The van der Waals surface area contributed by atoms with E-state index >= 15 is 0 Å². The van der Waals surface area contributed by atoms with E-state index in [1.54, 1.807) is 58.0 Å². The maximum atomic E-state index is 14.6. The first-order valence-corrected chi connectivity index (χ1v) is 14.3. The van der Waals surface area contributed by atoms with Gasteiger partial charge in [0.15, 0.2) is 0 Å². The van der Waals surface area contributed by atoms with Gasteiger partial charge in [0.1, 0.15) is 29.2 Å². The molecule has 2 aromatic carbocycles. The first kappa shape index (κ1) is 33.5. The van der Waals surface area contributed by atoms with Crippen molar-refractivity contribution < 1.29 is 29.3 Å². The van der Waals surface area contributed by atoms with Crippen molar-refractivity contribution >= 4 is 17.9 Å². The highest BCUT2D eigenvalue weighted by Crippen LogP contribution is 2.37. The lowest BCUT2D eigenvalue weighted by molar-refractivity contribution is -0.149. The number of para-hydroxylation sites is 1. The summed E-state index contributed by atoms with van der Waals surface area (Å²) >= 11 is 0. The number of ether oxygens (including phenoxy) is 1. The molecule has 9 nitrogen and oxygen atoms in total. The van der Waals surface area contributed by atoms with Crippen LogP contribution in [0, 0.1) is 6.92 Å². The third-order valence-corrected chi connectivity index (χ3v) is 7.02. The number of phenolic OH excluding ortho intramolecular Hbond substituents is 2. The molecule has 0 spiro atoms. The van der Waals surface area contributed by atoms with Crippen LogP contribution >= 0.6 is 0 Å². The molecule has 0 saturated carbocycles. The first-order chi connectivity index (χ1) is 19.1. The molecule has 0 bridgehead atoms. The number of hydrogen-bond donors (Lipinski definition) is 4. The summed E-state index contributed by atoms with van der Waals surface area (Å²) in [6.45, 7) is 15.0. The average Bonchev–Trinajstić information content (AvgIpc) is 2.88. The Bertz CT molecular complexity index is 1190. The monoisotopic (exact) mass is 569 g/mol. The average molecular weight is 570 g/mol. The van der Waals surface area contributed by atoms with Gasteiger partial charge in [0.25, 0.3) is 0 Å². The number of unbranched alkanes of at least 4 members (excludes halogenated alkanes) is 1. The molecular weight excluding hydrogens is 522 g/mol. The van der Waals surface area contributed by atoms with E-state index in [-0.39, 0.29) is 17.9 Å². The third-order valence-electron chi connectivity index (χ3n) is 7.02. The molecule has 4 N–H and O–H groups in total. The highest BCUT2D eigenvalue weighted by atomic mass is 16.6. The van der Waals surface area contributed by atoms with E-state index in [1.807, 2.05) is 27.7 Å². The van der Waals surface area contributed by atoms with E-state index in [9.17, 15) is 24.6 Å². The Morgan fingerprint density at radius 3 is 2.17 bits per heavy atom. The molecule has 2 aromatic rings. The summed E-state index contributed by atoms with van der Waals surface area (Å²) in [7, 11) is 0. The SMILES string of the molecule is CCCCNC(=O)C(c1cccc(C)c1O)N(C(=O)C(Cc1ccc(O)cc1)NC(=O)OC(C)(C)C)C(C)(C)CC. The van der Waals surface area contributed by atoms with Crippen molar-refractivity contribution in [3.05, 3.63) is 59.2 Å². The van der Waals surface area contributed by atoms with Crippen molar-refractivity contribution in [2.24, 2.45) is 0 Å². The molecule has 0 aliphatic heterocycles. The van der Waals surface area contributed by atoms with Crippen LogP contribution in [0.2, 0.25) is 0 Å². The van der Waals surface area contributed by atoms with Crippen molar-refractivity contribution in [2.75, 3.05) is 6.54 Å². The van der Waals surface area contributed by atoms with Crippen molar-refractivity contribution in [1.29, 1.82) is 0 Å².